The van der Waals surface area contributed by atoms with Gasteiger partial charge >= 0.3 is 0 Å². The van der Waals surface area contributed by atoms with E-state index in [0.29, 0.717) is 19.1 Å². The number of nitrogens with two attached hydrogens (primary N) is 1. The van der Waals surface area contributed by atoms with E-state index in [1.165, 1.54) is 31.7 Å². The Bertz CT molecular complexity index is 435. The second kappa shape index (κ2) is 7.07. The maximum Gasteiger partial charge on any atom is 0.123 e. The number of halogens is 1. The fourth-order valence-corrected chi connectivity index (χ4v) is 3.52. The van der Waals surface area contributed by atoms with Crippen molar-refractivity contribution in [2.24, 2.45) is 17.6 Å². The number of ether oxygens (including phenoxy) is 1. The molecule has 1 aromatic carbocycles. The number of rotatable bonds is 5. The molecule has 0 amide bonds. The normalized spacial score (nSPS) is 24.4. The third-order valence-electron chi connectivity index (χ3n) is 4.47. The maximum absolute atomic E-state index is 13.6. The second-order valence-corrected chi connectivity index (χ2v) is 5.99. The van der Waals surface area contributed by atoms with Gasteiger partial charge in [-0.15, -0.1) is 0 Å². The summed E-state index contributed by atoms with van der Waals surface area (Å²) in [6, 6.07) is 4.82. The van der Waals surface area contributed by atoms with Gasteiger partial charge in [0.2, 0.25) is 0 Å². The molecular weight excluding hydrogens is 253 g/mol. The summed E-state index contributed by atoms with van der Waals surface area (Å²) >= 11 is 0. The lowest BCUT2D eigenvalue weighted by molar-refractivity contribution is 0.242. The van der Waals surface area contributed by atoms with Gasteiger partial charge in [0.05, 0.1) is 6.61 Å². The van der Waals surface area contributed by atoms with Gasteiger partial charge in [0.25, 0.3) is 0 Å². The molecule has 1 aliphatic carbocycles. The zero-order chi connectivity index (χ0) is 14.5. The Morgan fingerprint density at radius 3 is 2.85 bits per heavy atom. The van der Waals surface area contributed by atoms with Gasteiger partial charge < -0.3 is 10.5 Å². The van der Waals surface area contributed by atoms with Gasteiger partial charge in [0.1, 0.15) is 11.6 Å². The number of hydrogen-bond acceptors (Lipinski definition) is 2. The summed E-state index contributed by atoms with van der Waals surface area (Å²) in [5.74, 6) is 2.08. The van der Waals surface area contributed by atoms with Crippen molar-refractivity contribution in [3.63, 3.8) is 0 Å². The first-order valence-electron chi connectivity index (χ1n) is 7.78. The van der Waals surface area contributed by atoms with E-state index in [0.717, 1.165) is 17.2 Å². The van der Waals surface area contributed by atoms with Crippen molar-refractivity contribution in [3.8, 4) is 5.75 Å². The highest BCUT2D eigenvalue weighted by Crippen LogP contribution is 2.41. The molecule has 0 bridgehead atoms. The molecular formula is C17H26FNO. The Balaban J connectivity index is 2.27. The highest BCUT2D eigenvalue weighted by atomic mass is 19.1. The summed E-state index contributed by atoms with van der Waals surface area (Å²) in [4.78, 5) is 0. The van der Waals surface area contributed by atoms with E-state index in [2.05, 4.69) is 6.92 Å². The third kappa shape index (κ3) is 3.51. The Hall–Kier alpha value is -1.09. The molecule has 3 atom stereocenters. The van der Waals surface area contributed by atoms with E-state index in [1.807, 2.05) is 6.92 Å². The summed E-state index contributed by atoms with van der Waals surface area (Å²) in [7, 11) is 0. The molecule has 2 rings (SSSR count). The van der Waals surface area contributed by atoms with Crippen LogP contribution in [-0.2, 0) is 0 Å². The molecule has 2 nitrogen and oxygen atoms in total. The summed E-state index contributed by atoms with van der Waals surface area (Å²) in [6.45, 7) is 5.40. The zero-order valence-electron chi connectivity index (χ0n) is 12.6. The van der Waals surface area contributed by atoms with Crippen LogP contribution in [0.1, 0.15) is 51.0 Å². The highest BCUT2D eigenvalue weighted by Gasteiger charge is 2.29. The minimum absolute atomic E-state index is 0.203. The quantitative estimate of drug-likeness (QED) is 0.881. The lowest BCUT2D eigenvalue weighted by Gasteiger charge is -2.33. The van der Waals surface area contributed by atoms with E-state index < -0.39 is 0 Å². The molecule has 0 aliphatic heterocycles. The van der Waals surface area contributed by atoms with Crippen LogP contribution in [0.2, 0.25) is 0 Å². The Morgan fingerprint density at radius 1 is 1.40 bits per heavy atom. The molecule has 1 aromatic rings. The molecule has 0 spiro atoms. The molecule has 1 saturated carbocycles. The third-order valence-corrected chi connectivity index (χ3v) is 4.47. The first-order chi connectivity index (χ1) is 9.65. The molecule has 20 heavy (non-hydrogen) atoms. The lowest BCUT2D eigenvalue weighted by atomic mass is 9.73. The molecule has 1 aliphatic rings. The summed E-state index contributed by atoms with van der Waals surface area (Å²) in [6.07, 6.45) is 4.93. The molecule has 2 N–H and O–H groups in total. The zero-order valence-corrected chi connectivity index (χ0v) is 12.6. The fourth-order valence-electron chi connectivity index (χ4n) is 3.52. The smallest absolute Gasteiger partial charge is 0.123 e. The van der Waals surface area contributed by atoms with Gasteiger partial charge in [-0.25, -0.2) is 4.39 Å². The Kier molecular flexibility index (Phi) is 5.41. The number of hydrogen-bond donors (Lipinski definition) is 1. The first-order valence-corrected chi connectivity index (χ1v) is 7.78. The van der Waals surface area contributed by atoms with Crippen molar-refractivity contribution < 1.29 is 9.13 Å². The molecule has 0 aromatic heterocycles. The summed E-state index contributed by atoms with van der Waals surface area (Å²) in [5, 5.41) is 0. The molecule has 0 saturated heterocycles. The minimum atomic E-state index is -0.203. The van der Waals surface area contributed by atoms with Crippen molar-refractivity contribution in [3.05, 3.63) is 29.6 Å². The van der Waals surface area contributed by atoms with Crippen LogP contribution in [0.25, 0.3) is 0 Å². The lowest BCUT2D eigenvalue weighted by Crippen LogP contribution is -2.26. The van der Waals surface area contributed by atoms with Crippen LogP contribution in [0.3, 0.4) is 0 Å². The molecule has 3 unspecified atom stereocenters. The molecule has 0 heterocycles. The molecule has 0 radical (unpaired) electrons. The van der Waals surface area contributed by atoms with Gasteiger partial charge in [0, 0.05) is 11.5 Å². The van der Waals surface area contributed by atoms with Crippen molar-refractivity contribution in [2.75, 3.05) is 13.2 Å². The van der Waals surface area contributed by atoms with Crippen LogP contribution >= 0.6 is 0 Å². The first kappa shape index (κ1) is 15.3. The van der Waals surface area contributed by atoms with Crippen LogP contribution in [-0.4, -0.2) is 13.2 Å². The van der Waals surface area contributed by atoms with E-state index in [-0.39, 0.29) is 11.7 Å². The van der Waals surface area contributed by atoms with E-state index in [1.54, 1.807) is 12.1 Å². The molecule has 1 fully saturated rings. The Morgan fingerprint density at radius 2 is 2.20 bits per heavy atom. The fraction of sp³-hybridized carbons (Fsp3) is 0.647. The van der Waals surface area contributed by atoms with Crippen LogP contribution in [0, 0.1) is 17.7 Å². The predicted octanol–water partition coefficient (Wildman–Crippen LogP) is 4.09. The van der Waals surface area contributed by atoms with Gasteiger partial charge in [-0.1, -0.05) is 19.8 Å². The van der Waals surface area contributed by atoms with E-state index >= 15 is 0 Å². The van der Waals surface area contributed by atoms with Crippen molar-refractivity contribution >= 4 is 0 Å². The SMILES string of the molecule is CCOc1ccc(F)cc1C(CN)C1CCCC(C)C1. The van der Waals surface area contributed by atoms with Gasteiger partial charge in [-0.3, -0.25) is 0 Å². The standard InChI is InChI=1S/C17H26FNO/c1-3-20-17-8-7-14(18)10-15(17)16(11-19)13-6-4-5-12(2)9-13/h7-8,10,12-13,16H,3-6,9,11,19H2,1-2H3. The van der Waals surface area contributed by atoms with Gasteiger partial charge in [-0.2, -0.15) is 0 Å². The largest absolute Gasteiger partial charge is 0.494 e. The van der Waals surface area contributed by atoms with Crippen LogP contribution in [0.4, 0.5) is 4.39 Å². The van der Waals surface area contributed by atoms with E-state index in [9.17, 15) is 4.39 Å². The van der Waals surface area contributed by atoms with Crippen LogP contribution < -0.4 is 10.5 Å². The van der Waals surface area contributed by atoms with Crippen molar-refractivity contribution in [1.29, 1.82) is 0 Å². The summed E-state index contributed by atoms with van der Waals surface area (Å²) in [5.41, 5.74) is 6.97. The average molecular weight is 279 g/mol. The predicted molar refractivity (Wildman–Crippen MR) is 80.5 cm³/mol. The van der Waals surface area contributed by atoms with Crippen molar-refractivity contribution in [2.45, 2.75) is 45.4 Å². The van der Waals surface area contributed by atoms with Crippen molar-refractivity contribution in [1.82, 2.24) is 0 Å². The van der Waals surface area contributed by atoms with Gasteiger partial charge in [-0.05, 0) is 56.3 Å². The highest BCUT2D eigenvalue weighted by molar-refractivity contribution is 5.37. The Labute approximate surface area is 121 Å². The summed E-state index contributed by atoms with van der Waals surface area (Å²) < 4.78 is 19.3. The van der Waals surface area contributed by atoms with Crippen LogP contribution in [0.15, 0.2) is 18.2 Å². The molecule has 112 valence electrons. The van der Waals surface area contributed by atoms with Gasteiger partial charge in [0.15, 0.2) is 0 Å². The van der Waals surface area contributed by atoms with Crippen LogP contribution in [0.5, 0.6) is 5.75 Å². The second-order valence-electron chi connectivity index (χ2n) is 5.99. The number of benzene rings is 1. The molecule has 3 heteroatoms. The topological polar surface area (TPSA) is 35.2 Å². The maximum atomic E-state index is 13.6. The monoisotopic (exact) mass is 279 g/mol. The average Bonchev–Trinajstić information content (AvgIpc) is 2.43. The van der Waals surface area contributed by atoms with E-state index in [4.69, 9.17) is 10.5 Å². The minimum Gasteiger partial charge on any atom is -0.494 e.